The molecule has 1 aliphatic heterocycles. The summed E-state index contributed by atoms with van der Waals surface area (Å²) in [4.78, 5) is 10.5. The third-order valence-corrected chi connectivity index (χ3v) is 4.96. The second-order valence-corrected chi connectivity index (χ2v) is 6.19. The second-order valence-electron chi connectivity index (χ2n) is 6.19. The van der Waals surface area contributed by atoms with Crippen molar-refractivity contribution in [1.82, 2.24) is 0 Å². The van der Waals surface area contributed by atoms with E-state index in [0.29, 0.717) is 36.4 Å². The number of ether oxygens (including phenoxy) is 1. The van der Waals surface area contributed by atoms with E-state index >= 15 is 0 Å². The van der Waals surface area contributed by atoms with Gasteiger partial charge in [-0.05, 0) is 37.0 Å². The molecule has 0 spiro atoms. The molecule has 0 aliphatic carbocycles. The normalized spacial score (nSPS) is 35.3. The van der Waals surface area contributed by atoms with Crippen LogP contribution in [0.1, 0.15) is 66.2 Å². The fourth-order valence-electron chi connectivity index (χ4n) is 3.23. The largest absolute Gasteiger partial charge is 0.481 e. The fraction of sp³-hybridized carbons (Fsp3) is 0.938. The van der Waals surface area contributed by atoms with E-state index in [2.05, 4.69) is 27.7 Å². The number of unbranched alkanes of at least 4 members (excludes halogenated alkanes) is 2. The Hall–Kier alpha value is -0.570. The molecule has 0 bridgehead atoms. The summed E-state index contributed by atoms with van der Waals surface area (Å²) < 4.78 is 6.24. The number of carboxylic acids is 1. The Morgan fingerprint density at radius 1 is 1.00 bits per heavy atom. The third kappa shape index (κ3) is 4.79. The predicted octanol–water partition coefficient (Wildman–Crippen LogP) is 4.11. The Balaban J connectivity index is 2.33. The van der Waals surface area contributed by atoms with E-state index in [4.69, 9.17) is 9.84 Å². The number of aliphatic carboxylic acids is 1. The summed E-state index contributed by atoms with van der Waals surface area (Å²) in [6, 6.07) is 0. The van der Waals surface area contributed by atoms with Gasteiger partial charge in [-0.15, -0.1) is 0 Å². The first-order valence-electron chi connectivity index (χ1n) is 7.84. The van der Waals surface area contributed by atoms with Crippen molar-refractivity contribution in [2.45, 2.75) is 78.4 Å². The fourth-order valence-corrected chi connectivity index (χ4v) is 3.23. The van der Waals surface area contributed by atoms with Gasteiger partial charge >= 0.3 is 5.97 Å². The van der Waals surface area contributed by atoms with Gasteiger partial charge in [0.25, 0.3) is 0 Å². The van der Waals surface area contributed by atoms with Gasteiger partial charge in [-0.3, -0.25) is 4.79 Å². The Bertz CT molecular complexity index is 275. The van der Waals surface area contributed by atoms with E-state index in [1.807, 2.05) is 0 Å². The highest BCUT2D eigenvalue weighted by Crippen LogP contribution is 2.37. The summed E-state index contributed by atoms with van der Waals surface area (Å²) >= 11 is 0. The summed E-state index contributed by atoms with van der Waals surface area (Å²) in [6.07, 6.45) is 6.10. The van der Waals surface area contributed by atoms with E-state index in [1.54, 1.807) is 0 Å². The lowest BCUT2D eigenvalue weighted by molar-refractivity contribution is -0.137. The Labute approximate surface area is 117 Å². The Morgan fingerprint density at radius 3 is 2.21 bits per heavy atom. The molecule has 0 aromatic carbocycles. The molecular weight excluding hydrogens is 240 g/mol. The molecule has 1 saturated heterocycles. The first kappa shape index (κ1) is 16.5. The molecule has 1 rings (SSSR count). The summed E-state index contributed by atoms with van der Waals surface area (Å²) in [7, 11) is 0. The summed E-state index contributed by atoms with van der Waals surface area (Å²) in [5.74, 6) is 1.28. The van der Waals surface area contributed by atoms with Crippen molar-refractivity contribution in [3.05, 3.63) is 0 Å². The van der Waals surface area contributed by atoms with Crippen LogP contribution in [0.2, 0.25) is 0 Å². The molecule has 5 atom stereocenters. The van der Waals surface area contributed by atoms with Gasteiger partial charge in [0.1, 0.15) is 0 Å². The van der Waals surface area contributed by atoms with Gasteiger partial charge in [-0.25, -0.2) is 0 Å². The van der Waals surface area contributed by atoms with Crippen molar-refractivity contribution in [3.8, 4) is 0 Å². The van der Waals surface area contributed by atoms with Crippen molar-refractivity contribution in [1.29, 1.82) is 0 Å². The Morgan fingerprint density at radius 2 is 1.63 bits per heavy atom. The molecule has 0 radical (unpaired) electrons. The third-order valence-electron chi connectivity index (χ3n) is 4.96. The molecule has 0 unspecified atom stereocenters. The quantitative estimate of drug-likeness (QED) is 0.708. The van der Waals surface area contributed by atoms with Crippen LogP contribution in [0.3, 0.4) is 0 Å². The molecule has 3 heteroatoms. The first-order valence-corrected chi connectivity index (χ1v) is 7.84. The molecular formula is C16H30O3. The van der Waals surface area contributed by atoms with E-state index in [0.717, 1.165) is 32.1 Å². The minimum atomic E-state index is -0.684. The number of carboxylic acid groups (broad SMARTS) is 1. The van der Waals surface area contributed by atoms with E-state index in [1.165, 1.54) is 0 Å². The topological polar surface area (TPSA) is 46.5 Å². The lowest BCUT2D eigenvalue weighted by Gasteiger charge is -2.44. The summed E-state index contributed by atoms with van der Waals surface area (Å²) in [6.45, 7) is 9.15. The monoisotopic (exact) mass is 270 g/mol. The van der Waals surface area contributed by atoms with Crippen molar-refractivity contribution in [2.24, 2.45) is 17.8 Å². The van der Waals surface area contributed by atoms with Crippen LogP contribution in [-0.2, 0) is 9.53 Å². The molecule has 19 heavy (non-hydrogen) atoms. The van der Waals surface area contributed by atoms with Gasteiger partial charge in [-0.2, -0.15) is 0 Å². The molecule has 1 fully saturated rings. The summed E-state index contributed by atoms with van der Waals surface area (Å²) in [5, 5.41) is 8.61. The van der Waals surface area contributed by atoms with Crippen LogP contribution in [0.4, 0.5) is 0 Å². The smallest absolute Gasteiger partial charge is 0.303 e. The highest BCUT2D eigenvalue weighted by atomic mass is 16.5. The molecule has 1 aliphatic rings. The SMILES string of the molecule is CC[C@H]1O[C@@H](CCCCCC(=O)O)[C@H](C)[C@@H](C)[C@H]1C. The van der Waals surface area contributed by atoms with E-state index < -0.39 is 5.97 Å². The van der Waals surface area contributed by atoms with Crippen molar-refractivity contribution < 1.29 is 14.6 Å². The molecule has 0 aromatic rings. The van der Waals surface area contributed by atoms with Crippen molar-refractivity contribution in [2.75, 3.05) is 0 Å². The van der Waals surface area contributed by atoms with Gasteiger partial charge in [0.2, 0.25) is 0 Å². The minimum Gasteiger partial charge on any atom is -0.481 e. The molecule has 0 amide bonds. The van der Waals surface area contributed by atoms with Gasteiger partial charge in [0, 0.05) is 6.42 Å². The lowest BCUT2D eigenvalue weighted by atomic mass is 9.75. The van der Waals surface area contributed by atoms with E-state index in [-0.39, 0.29) is 0 Å². The number of hydrogen-bond acceptors (Lipinski definition) is 2. The molecule has 112 valence electrons. The minimum absolute atomic E-state index is 0.298. The number of carbonyl (C=O) groups is 1. The van der Waals surface area contributed by atoms with Crippen LogP contribution in [-0.4, -0.2) is 23.3 Å². The standard InChI is InChI=1S/C16H30O3/c1-5-14-12(3)11(2)13(4)15(19-14)9-7-6-8-10-16(17)18/h11-15H,5-10H2,1-4H3,(H,17,18)/t11-,12+,13+,14+,15-/m0/s1. The maximum Gasteiger partial charge on any atom is 0.303 e. The summed E-state index contributed by atoms with van der Waals surface area (Å²) in [5.41, 5.74) is 0. The maximum absolute atomic E-state index is 10.5. The highest BCUT2D eigenvalue weighted by Gasteiger charge is 2.37. The van der Waals surface area contributed by atoms with Crippen LogP contribution in [0.15, 0.2) is 0 Å². The lowest BCUT2D eigenvalue weighted by Crippen LogP contribution is -2.44. The average Bonchev–Trinajstić information content (AvgIpc) is 2.37. The number of rotatable bonds is 7. The molecule has 0 aromatic heterocycles. The molecule has 0 saturated carbocycles. The maximum atomic E-state index is 10.5. The van der Waals surface area contributed by atoms with Crippen molar-refractivity contribution in [3.63, 3.8) is 0 Å². The van der Waals surface area contributed by atoms with Crippen molar-refractivity contribution >= 4 is 5.97 Å². The zero-order valence-electron chi connectivity index (χ0n) is 12.9. The number of hydrogen-bond donors (Lipinski definition) is 1. The zero-order valence-corrected chi connectivity index (χ0v) is 12.9. The van der Waals surface area contributed by atoms with Gasteiger partial charge in [0.05, 0.1) is 12.2 Å². The van der Waals surface area contributed by atoms with Crippen LogP contribution in [0.25, 0.3) is 0 Å². The first-order chi connectivity index (χ1) is 8.97. The van der Waals surface area contributed by atoms with Gasteiger partial charge in [0.15, 0.2) is 0 Å². The van der Waals surface area contributed by atoms with Crippen LogP contribution >= 0.6 is 0 Å². The van der Waals surface area contributed by atoms with E-state index in [9.17, 15) is 4.79 Å². The predicted molar refractivity (Wildman–Crippen MR) is 77.2 cm³/mol. The zero-order chi connectivity index (χ0) is 14.4. The van der Waals surface area contributed by atoms with Gasteiger partial charge in [-0.1, -0.05) is 40.5 Å². The van der Waals surface area contributed by atoms with Crippen LogP contribution in [0, 0.1) is 17.8 Å². The molecule has 3 nitrogen and oxygen atoms in total. The second kappa shape index (κ2) is 7.88. The van der Waals surface area contributed by atoms with Crippen LogP contribution < -0.4 is 0 Å². The molecule has 1 heterocycles. The highest BCUT2D eigenvalue weighted by molar-refractivity contribution is 5.66. The van der Waals surface area contributed by atoms with Crippen LogP contribution in [0.5, 0.6) is 0 Å². The Kier molecular flexibility index (Phi) is 6.84. The van der Waals surface area contributed by atoms with Gasteiger partial charge < -0.3 is 9.84 Å². The average molecular weight is 270 g/mol. The molecule has 1 N–H and O–H groups in total.